The van der Waals surface area contributed by atoms with Gasteiger partial charge >= 0.3 is 0 Å². The summed E-state index contributed by atoms with van der Waals surface area (Å²) in [5.74, 6) is -0.218. The third-order valence-corrected chi connectivity index (χ3v) is 8.36. The predicted molar refractivity (Wildman–Crippen MR) is 158 cm³/mol. The number of anilines is 1. The van der Waals surface area contributed by atoms with Crippen LogP contribution in [0.1, 0.15) is 32.8 Å². The maximum absolute atomic E-state index is 13.9. The van der Waals surface area contributed by atoms with E-state index in [1.807, 2.05) is 44.2 Å². The number of rotatable bonds is 14. The molecule has 1 atom stereocenters. The molecule has 3 aromatic carbocycles. The molecule has 0 fully saturated rings. The maximum atomic E-state index is 13.9. The molecular formula is C30H36ClN3O5S. The highest BCUT2D eigenvalue weighted by Gasteiger charge is 2.32. The molecule has 3 aromatic rings. The number of hydrogen-bond donors (Lipinski definition) is 1. The van der Waals surface area contributed by atoms with Crippen LogP contribution in [0.3, 0.4) is 0 Å². The molecule has 0 saturated heterocycles. The van der Waals surface area contributed by atoms with Crippen LogP contribution in [0.5, 0.6) is 5.75 Å². The first-order chi connectivity index (χ1) is 19.2. The van der Waals surface area contributed by atoms with Gasteiger partial charge in [-0.1, -0.05) is 48.9 Å². The topological polar surface area (TPSA) is 96.0 Å². The molecule has 8 nitrogen and oxygen atoms in total. The van der Waals surface area contributed by atoms with Gasteiger partial charge in [0.2, 0.25) is 11.8 Å². The second-order valence-corrected chi connectivity index (χ2v) is 11.5. The Kier molecular flexibility index (Phi) is 11.4. The summed E-state index contributed by atoms with van der Waals surface area (Å²) in [7, 11) is -4.17. The zero-order valence-electron chi connectivity index (χ0n) is 23.0. The lowest BCUT2D eigenvalue weighted by Gasteiger charge is -2.32. The lowest BCUT2D eigenvalue weighted by Crippen LogP contribution is -2.52. The van der Waals surface area contributed by atoms with Gasteiger partial charge in [0, 0.05) is 18.1 Å². The molecule has 0 spiro atoms. The summed E-state index contributed by atoms with van der Waals surface area (Å²) < 4.78 is 34.2. The van der Waals surface area contributed by atoms with Gasteiger partial charge in [0.15, 0.2) is 0 Å². The van der Waals surface area contributed by atoms with Crippen LogP contribution >= 0.6 is 11.6 Å². The van der Waals surface area contributed by atoms with E-state index in [4.69, 9.17) is 16.3 Å². The van der Waals surface area contributed by atoms with E-state index in [0.717, 1.165) is 16.3 Å². The molecule has 0 radical (unpaired) electrons. The van der Waals surface area contributed by atoms with E-state index in [1.54, 1.807) is 31.2 Å². The van der Waals surface area contributed by atoms with Gasteiger partial charge in [0.05, 0.1) is 17.2 Å². The number of carbonyl (C=O) groups is 2. The molecular weight excluding hydrogens is 550 g/mol. The fourth-order valence-corrected chi connectivity index (χ4v) is 5.64. The minimum absolute atomic E-state index is 0.0110. The highest BCUT2D eigenvalue weighted by Crippen LogP contribution is 2.27. The molecule has 0 aromatic heterocycles. The lowest BCUT2D eigenvalue weighted by atomic mass is 10.1. The van der Waals surface area contributed by atoms with Gasteiger partial charge in [-0.3, -0.25) is 13.9 Å². The summed E-state index contributed by atoms with van der Waals surface area (Å²) in [6, 6.07) is 21.1. The van der Waals surface area contributed by atoms with E-state index in [0.29, 0.717) is 30.3 Å². The van der Waals surface area contributed by atoms with Gasteiger partial charge in [0.1, 0.15) is 18.3 Å². The first-order valence-corrected chi connectivity index (χ1v) is 15.1. The Labute approximate surface area is 241 Å². The number of benzene rings is 3. The molecule has 0 bridgehead atoms. The van der Waals surface area contributed by atoms with E-state index in [-0.39, 0.29) is 23.0 Å². The van der Waals surface area contributed by atoms with E-state index < -0.39 is 28.5 Å². The Balaban J connectivity index is 1.97. The van der Waals surface area contributed by atoms with Crippen molar-refractivity contribution in [3.8, 4) is 5.75 Å². The molecule has 0 saturated carbocycles. The second kappa shape index (κ2) is 14.7. The summed E-state index contributed by atoms with van der Waals surface area (Å²) in [6.45, 7) is 6.13. The molecule has 214 valence electrons. The number of ether oxygens (including phenoxy) is 1. The normalized spacial score (nSPS) is 11.9. The molecule has 0 aliphatic carbocycles. The van der Waals surface area contributed by atoms with Crippen LogP contribution in [-0.4, -0.2) is 57.4 Å². The maximum Gasteiger partial charge on any atom is 0.264 e. The van der Waals surface area contributed by atoms with Crippen LogP contribution in [0, 0.1) is 0 Å². The zero-order chi connectivity index (χ0) is 29.1. The Morgan fingerprint density at radius 2 is 1.60 bits per heavy atom. The molecule has 0 aliphatic heterocycles. The van der Waals surface area contributed by atoms with E-state index in [2.05, 4.69) is 5.32 Å². The van der Waals surface area contributed by atoms with Gasteiger partial charge in [0.25, 0.3) is 10.0 Å². The Morgan fingerprint density at radius 3 is 2.20 bits per heavy atom. The summed E-state index contributed by atoms with van der Waals surface area (Å²) >= 11 is 6.00. The highest BCUT2D eigenvalue weighted by molar-refractivity contribution is 7.92. The van der Waals surface area contributed by atoms with Crippen molar-refractivity contribution in [2.24, 2.45) is 0 Å². The molecule has 10 heteroatoms. The van der Waals surface area contributed by atoms with Gasteiger partial charge in [-0.15, -0.1) is 0 Å². The van der Waals surface area contributed by atoms with Crippen LogP contribution < -0.4 is 14.4 Å². The average Bonchev–Trinajstić information content (AvgIpc) is 2.96. The first kappa shape index (κ1) is 31.0. The van der Waals surface area contributed by atoms with Gasteiger partial charge in [-0.25, -0.2) is 8.42 Å². The molecule has 1 unspecified atom stereocenters. The van der Waals surface area contributed by atoms with E-state index in [1.165, 1.54) is 29.2 Å². The largest absolute Gasteiger partial charge is 0.494 e. The molecule has 1 N–H and O–H groups in total. The van der Waals surface area contributed by atoms with E-state index in [9.17, 15) is 18.0 Å². The van der Waals surface area contributed by atoms with Crippen LogP contribution in [0.25, 0.3) is 0 Å². The molecule has 0 aliphatic rings. The van der Waals surface area contributed by atoms with Crippen molar-refractivity contribution in [3.63, 3.8) is 0 Å². The lowest BCUT2D eigenvalue weighted by molar-refractivity contribution is -0.138. The molecule has 40 heavy (non-hydrogen) atoms. The van der Waals surface area contributed by atoms with Crippen molar-refractivity contribution < 1.29 is 22.7 Å². The number of carbonyl (C=O) groups excluding carboxylic acids is 2. The summed E-state index contributed by atoms with van der Waals surface area (Å²) in [5, 5.41) is 3.23. The number of nitrogens with zero attached hydrogens (tertiary/aromatic N) is 2. The van der Waals surface area contributed by atoms with Crippen LogP contribution in [-0.2, 0) is 26.0 Å². The number of sulfonamides is 1. The number of nitrogens with one attached hydrogen (secondary N) is 1. The second-order valence-electron chi connectivity index (χ2n) is 9.18. The molecule has 2 amide bonds. The first-order valence-electron chi connectivity index (χ1n) is 13.3. The number of hydrogen-bond acceptors (Lipinski definition) is 5. The van der Waals surface area contributed by atoms with Crippen molar-refractivity contribution in [1.29, 1.82) is 0 Å². The van der Waals surface area contributed by atoms with E-state index >= 15 is 0 Å². The minimum Gasteiger partial charge on any atom is -0.494 e. The third kappa shape index (κ3) is 8.22. The fraction of sp³-hybridized carbons (Fsp3) is 0.333. The standard InChI is InChI=1S/C30H36ClN3O5S/c1-4-20-32-30(36)23(3)33(21-19-24-9-7-6-8-10-24)29(35)22-34(26-13-15-27(16-14-26)39-5-2)40(37,38)28-17-11-25(31)12-18-28/h6-18,23H,4-5,19-22H2,1-3H3,(H,32,36). The SMILES string of the molecule is CCCNC(=O)C(C)N(CCc1ccccc1)C(=O)CN(c1ccc(OCC)cc1)S(=O)(=O)c1ccc(Cl)cc1. The fourth-order valence-electron chi connectivity index (χ4n) is 4.10. The van der Waals surface area contributed by atoms with Crippen molar-refractivity contribution in [2.75, 3.05) is 30.5 Å². The Morgan fingerprint density at radius 1 is 0.950 bits per heavy atom. The summed E-state index contributed by atoms with van der Waals surface area (Å²) in [4.78, 5) is 28.2. The molecule has 0 heterocycles. The number of halogens is 1. The zero-order valence-corrected chi connectivity index (χ0v) is 24.6. The average molecular weight is 586 g/mol. The van der Waals surface area contributed by atoms with Crippen molar-refractivity contribution in [2.45, 2.75) is 44.6 Å². The third-order valence-electron chi connectivity index (χ3n) is 6.32. The van der Waals surface area contributed by atoms with Gasteiger partial charge < -0.3 is 15.0 Å². The highest BCUT2D eigenvalue weighted by atomic mass is 35.5. The molecule has 3 rings (SSSR count). The monoisotopic (exact) mass is 585 g/mol. The van der Waals surface area contributed by atoms with Crippen LogP contribution in [0.2, 0.25) is 5.02 Å². The Hall–Kier alpha value is -3.56. The quantitative estimate of drug-likeness (QED) is 0.290. The van der Waals surface area contributed by atoms with Crippen molar-refractivity contribution >= 4 is 39.1 Å². The Bertz CT molecular complexity index is 1350. The van der Waals surface area contributed by atoms with Crippen molar-refractivity contribution in [1.82, 2.24) is 10.2 Å². The predicted octanol–water partition coefficient (Wildman–Crippen LogP) is 4.92. The van der Waals surface area contributed by atoms with Gasteiger partial charge in [-0.05, 0) is 80.8 Å². The summed E-state index contributed by atoms with van der Waals surface area (Å²) in [5.41, 5.74) is 1.29. The number of amides is 2. The van der Waals surface area contributed by atoms with Crippen LogP contribution in [0.15, 0.2) is 83.8 Å². The van der Waals surface area contributed by atoms with Gasteiger partial charge in [-0.2, -0.15) is 0 Å². The smallest absolute Gasteiger partial charge is 0.264 e. The summed E-state index contributed by atoms with van der Waals surface area (Å²) in [6.07, 6.45) is 1.26. The van der Waals surface area contributed by atoms with Crippen LogP contribution in [0.4, 0.5) is 5.69 Å². The minimum atomic E-state index is -4.17. The van der Waals surface area contributed by atoms with Crippen molar-refractivity contribution in [3.05, 3.63) is 89.4 Å².